The van der Waals surface area contributed by atoms with E-state index in [-0.39, 0.29) is 11.9 Å². The molecule has 124 valence electrons. The van der Waals surface area contributed by atoms with Crippen LogP contribution in [0.2, 0.25) is 10.0 Å². The first kappa shape index (κ1) is 18.7. The Morgan fingerprint density at radius 3 is 2.79 bits per heavy atom. The lowest BCUT2D eigenvalue weighted by molar-refractivity contribution is -0.119. The lowest BCUT2D eigenvalue weighted by atomic mass is 10.1. The van der Waals surface area contributed by atoms with Crippen LogP contribution in [0.25, 0.3) is 0 Å². The Morgan fingerprint density at radius 1 is 1.29 bits per heavy atom. The highest BCUT2D eigenvalue weighted by atomic mass is 35.5. The molecule has 0 aliphatic rings. The topological polar surface area (TPSA) is 52.9 Å². The number of nitriles is 1. The predicted octanol–water partition coefficient (Wildman–Crippen LogP) is 4.98. The zero-order valence-corrected chi connectivity index (χ0v) is 15.4. The molecule has 0 fully saturated rings. The highest BCUT2D eigenvalue weighted by molar-refractivity contribution is 7.99. The number of hydrogen-bond donors (Lipinski definition) is 1. The van der Waals surface area contributed by atoms with Gasteiger partial charge in [-0.3, -0.25) is 4.79 Å². The largest absolute Gasteiger partial charge is 0.349 e. The standard InChI is InChI=1S/C18H16Cl2N2OS/c1-12(16-6-5-15(19)8-17(16)20)22-18(23)11-24-10-14-4-2-3-13(7-14)9-21/h2-8,12H,10-11H2,1H3,(H,22,23)/t12-/m1/s1. The van der Waals surface area contributed by atoms with Crippen molar-refractivity contribution < 1.29 is 4.79 Å². The van der Waals surface area contributed by atoms with E-state index in [9.17, 15) is 4.79 Å². The Balaban J connectivity index is 1.83. The summed E-state index contributed by atoms with van der Waals surface area (Å²) in [4.78, 5) is 12.1. The number of halogens is 2. The van der Waals surface area contributed by atoms with Crippen molar-refractivity contribution >= 4 is 40.9 Å². The minimum absolute atomic E-state index is 0.0602. The predicted molar refractivity (Wildman–Crippen MR) is 100 cm³/mol. The number of carbonyl (C=O) groups excluding carboxylic acids is 1. The lowest BCUT2D eigenvalue weighted by Crippen LogP contribution is -2.28. The fourth-order valence-electron chi connectivity index (χ4n) is 2.21. The van der Waals surface area contributed by atoms with Gasteiger partial charge in [0.1, 0.15) is 0 Å². The van der Waals surface area contributed by atoms with Crippen LogP contribution in [0.1, 0.15) is 29.7 Å². The Bertz CT molecular complexity index is 774. The molecule has 0 radical (unpaired) electrons. The molecule has 24 heavy (non-hydrogen) atoms. The van der Waals surface area contributed by atoms with Crippen molar-refractivity contribution in [2.45, 2.75) is 18.7 Å². The van der Waals surface area contributed by atoms with Crippen molar-refractivity contribution in [3.63, 3.8) is 0 Å². The molecule has 2 aromatic rings. The van der Waals surface area contributed by atoms with Gasteiger partial charge < -0.3 is 5.32 Å². The molecule has 0 aliphatic carbocycles. The van der Waals surface area contributed by atoms with Gasteiger partial charge in [0.2, 0.25) is 5.91 Å². The molecule has 0 heterocycles. The van der Waals surface area contributed by atoms with Crippen molar-refractivity contribution in [3.8, 4) is 6.07 Å². The van der Waals surface area contributed by atoms with E-state index in [2.05, 4.69) is 11.4 Å². The molecule has 0 aliphatic heterocycles. The molecule has 6 heteroatoms. The molecule has 1 atom stereocenters. The van der Waals surface area contributed by atoms with Crippen LogP contribution >= 0.6 is 35.0 Å². The van der Waals surface area contributed by atoms with Crippen molar-refractivity contribution in [2.24, 2.45) is 0 Å². The van der Waals surface area contributed by atoms with Gasteiger partial charge in [0.05, 0.1) is 23.4 Å². The van der Waals surface area contributed by atoms with Crippen LogP contribution in [0.5, 0.6) is 0 Å². The molecule has 1 amide bonds. The van der Waals surface area contributed by atoms with Gasteiger partial charge in [-0.2, -0.15) is 5.26 Å². The summed E-state index contributed by atoms with van der Waals surface area (Å²) in [5.74, 6) is 0.959. The van der Waals surface area contributed by atoms with Crippen LogP contribution in [-0.4, -0.2) is 11.7 Å². The number of carbonyl (C=O) groups is 1. The minimum Gasteiger partial charge on any atom is -0.349 e. The van der Waals surface area contributed by atoms with E-state index in [1.54, 1.807) is 18.2 Å². The molecular formula is C18H16Cl2N2OS. The fourth-order valence-corrected chi connectivity index (χ4v) is 3.56. The van der Waals surface area contributed by atoms with Crippen LogP contribution < -0.4 is 5.32 Å². The van der Waals surface area contributed by atoms with Crippen molar-refractivity contribution in [3.05, 3.63) is 69.2 Å². The number of rotatable bonds is 6. The number of hydrogen-bond acceptors (Lipinski definition) is 3. The Labute approximate surface area is 156 Å². The molecule has 0 saturated heterocycles. The van der Waals surface area contributed by atoms with Gasteiger partial charge in [-0.25, -0.2) is 0 Å². The van der Waals surface area contributed by atoms with Crippen LogP contribution in [-0.2, 0) is 10.5 Å². The van der Waals surface area contributed by atoms with Gasteiger partial charge in [0.15, 0.2) is 0 Å². The van der Waals surface area contributed by atoms with Crippen molar-refractivity contribution in [1.29, 1.82) is 5.26 Å². The van der Waals surface area contributed by atoms with Crippen molar-refractivity contribution in [2.75, 3.05) is 5.75 Å². The molecule has 2 aromatic carbocycles. The summed E-state index contributed by atoms with van der Waals surface area (Å²) < 4.78 is 0. The van der Waals surface area contributed by atoms with Crippen molar-refractivity contribution in [1.82, 2.24) is 5.32 Å². The summed E-state index contributed by atoms with van der Waals surface area (Å²) in [5, 5.41) is 12.9. The zero-order chi connectivity index (χ0) is 17.5. The van der Waals surface area contributed by atoms with Gasteiger partial charge in [-0.15, -0.1) is 11.8 Å². The molecule has 1 N–H and O–H groups in total. The first-order valence-corrected chi connectivity index (χ1v) is 9.21. The number of thioether (sulfide) groups is 1. The van der Waals surface area contributed by atoms with E-state index in [4.69, 9.17) is 28.5 Å². The Hall–Kier alpha value is -1.67. The highest BCUT2D eigenvalue weighted by Crippen LogP contribution is 2.26. The smallest absolute Gasteiger partial charge is 0.230 e. The van der Waals surface area contributed by atoms with E-state index in [1.807, 2.05) is 31.2 Å². The fraction of sp³-hybridized carbons (Fsp3) is 0.222. The van der Waals surface area contributed by atoms with Crippen LogP contribution in [0.15, 0.2) is 42.5 Å². The lowest BCUT2D eigenvalue weighted by Gasteiger charge is -2.16. The second-order valence-corrected chi connectivity index (χ2v) is 7.09. The Morgan fingerprint density at radius 2 is 2.08 bits per heavy atom. The summed E-state index contributed by atoms with van der Waals surface area (Å²) in [6.07, 6.45) is 0. The molecule has 2 rings (SSSR count). The number of benzene rings is 2. The first-order chi connectivity index (χ1) is 11.5. The molecule has 0 spiro atoms. The summed E-state index contributed by atoms with van der Waals surface area (Å²) in [7, 11) is 0. The average molecular weight is 379 g/mol. The first-order valence-electron chi connectivity index (χ1n) is 7.30. The molecule has 0 unspecified atom stereocenters. The van der Waals surface area contributed by atoms with Gasteiger partial charge in [-0.05, 0) is 42.3 Å². The monoisotopic (exact) mass is 378 g/mol. The maximum atomic E-state index is 12.1. The maximum Gasteiger partial charge on any atom is 0.230 e. The van der Waals surface area contributed by atoms with Gasteiger partial charge in [-0.1, -0.05) is 41.4 Å². The quantitative estimate of drug-likeness (QED) is 0.771. The second-order valence-electron chi connectivity index (χ2n) is 5.26. The van der Waals surface area contributed by atoms with Crippen LogP contribution in [0.4, 0.5) is 0 Å². The molecule has 0 saturated carbocycles. The summed E-state index contributed by atoms with van der Waals surface area (Å²) in [5.41, 5.74) is 2.49. The van der Waals surface area contributed by atoms with E-state index < -0.39 is 0 Å². The third-order valence-electron chi connectivity index (χ3n) is 3.36. The molecule has 0 bridgehead atoms. The van der Waals surface area contributed by atoms with Gasteiger partial charge in [0.25, 0.3) is 0 Å². The van der Waals surface area contributed by atoms with Gasteiger partial charge >= 0.3 is 0 Å². The van der Waals surface area contributed by atoms with E-state index in [0.29, 0.717) is 27.1 Å². The summed E-state index contributed by atoms with van der Waals surface area (Å²) in [6, 6.07) is 14.5. The van der Waals surface area contributed by atoms with Crippen LogP contribution in [0, 0.1) is 11.3 Å². The normalized spacial score (nSPS) is 11.6. The third-order valence-corrected chi connectivity index (χ3v) is 4.93. The maximum absolute atomic E-state index is 12.1. The minimum atomic E-state index is -0.190. The number of nitrogens with zero attached hydrogens (tertiary/aromatic N) is 1. The highest BCUT2D eigenvalue weighted by Gasteiger charge is 2.13. The molecular weight excluding hydrogens is 363 g/mol. The third kappa shape index (κ3) is 5.45. The van der Waals surface area contributed by atoms with Gasteiger partial charge in [0, 0.05) is 15.8 Å². The number of nitrogens with one attached hydrogen (secondary N) is 1. The van der Waals surface area contributed by atoms with E-state index in [1.165, 1.54) is 11.8 Å². The molecule has 3 nitrogen and oxygen atoms in total. The summed E-state index contributed by atoms with van der Waals surface area (Å²) >= 11 is 13.5. The zero-order valence-electron chi connectivity index (χ0n) is 13.1. The Kier molecular flexibility index (Phi) is 6.99. The SMILES string of the molecule is C[C@@H](NC(=O)CSCc1cccc(C#N)c1)c1ccc(Cl)cc1Cl. The summed E-state index contributed by atoms with van der Waals surface area (Å²) in [6.45, 7) is 1.88. The average Bonchev–Trinajstić information content (AvgIpc) is 2.54. The second kappa shape index (κ2) is 8.98. The number of amides is 1. The van der Waals surface area contributed by atoms with Crippen LogP contribution in [0.3, 0.4) is 0 Å². The van der Waals surface area contributed by atoms with E-state index in [0.717, 1.165) is 11.1 Å². The molecule has 0 aromatic heterocycles. The van der Waals surface area contributed by atoms with E-state index >= 15 is 0 Å².